The second-order valence-electron chi connectivity index (χ2n) is 10.7. The fourth-order valence-electron chi connectivity index (χ4n) is 6.38. The quantitative estimate of drug-likeness (QED) is 0.642. The van der Waals surface area contributed by atoms with Crippen molar-refractivity contribution in [2.24, 2.45) is 17.3 Å². The fraction of sp³-hybridized carbons (Fsp3) is 0.552. The molecule has 3 aliphatic rings. The Hall–Kier alpha value is -2.37. The molecule has 2 fully saturated rings. The molecule has 34 heavy (non-hydrogen) atoms. The van der Waals surface area contributed by atoms with Crippen LogP contribution in [-0.4, -0.2) is 43.4 Å². The van der Waals surface area contributed by atoms with Gasteiger partial charge < -0.3 is 19.3 Å². The van der Waals surface area contributed by atoms with Gasteiger partial charge in [-0.25, -0.2) is 0 Å². The zero-order valence-corrected chi connectivity index (χ0v) is 20.5. The summed E-state index contributed by atoms with van der Waals surface area (Å²) in [5.41, 5.74) is 3.41. The number of fused-ring (bicyclic) bond motifs is 1. The van der Waals surface area contributed by atoms with E-state index in [1.165, 1.54) is 11.1 Å². The molecule has 1 aliphatic heterocycles. The van der Waals surface area contributed by atoms with Gasteiger partial charge in [-0.1, -0.05) is 37.3 Å². The molecule has 2 aromatic rings. The highest BCUT2D eigenvalue weighted by Gasteiger charge is 2.50. The lowest BCUT2D eigenvalue weighted by Crippen LogP contribution is -2.33. The number of aliphatic hydroxyl groups is 1. The van der Waals surface area contributed by atoms with Crippen molar-refractivity contribution in [2.75, 3.05) is 20.3 Å². The van der Waals surface area contributed by atoms with Crippen LogP contribution in [0, 0.1) is 17.3 Å². The van der Waals surface area contributed by atoms with Gasteiger partial charge in [0.05, 0.1) is 19.8 Å². The number of benzene rings is 2. The van der Waals surface area contributed by atoms with Crippen molar-refractivity contribution in [2.45, 2.75) is 64.1 Å². The molecule has 1 saturated carbocycles. The van der Waals surface area contributed by atoms with Crippen molar-refractivity contribution >= 4 is 5.78 Å². The highest BCUT2D eigenvalue weighted by molar-refractivity contribution is 5.84. The first kappa shape index (κ1) is 23.4. The minimum Gasteiger partial charge on any atom is -0.493 e. The number of ketones is 1. The largest absolute Gasteiger partial charge is 0.493 e. The lowest BCUT2D eigenvalue weighted by atomic mass is 9.72. The van der Waals surface area contributed by atoms with Crippen molar-refractivity contribution in [3.05, 3.63) is 59.2 Å². The maximum atomic E-state index is 13.2. The van der Waals surface area contributed by atoms with E-state index in [9.17, 15) is 9.90 Å². The zero-order valence-electron chi connectivity index (χ0n) is 20.5. The zero-order chi connectivity index (χ0) is 23.9. The highest BCUT2D eigenvalue weighted by Crippen LogP contribution is 2.55. The van der Waals surface area contributed by atoms with Gasteiger partial charge in [-0.05, 0) is 60.9 Å². The summed E-state index contributed by atoms with van der Waals surface area (Å²) in [6.45, 7) is 5.19. The summed E-state index contributed by atoms with van der Waals surface area (Å²) in [6.07, 6.45) is 3.59. The Morgan fingerprint density at radius 3 is 2.47 bits per heavy atom. The number of carbonyl (C=O) groups is 1. The first-order valence-electron chi connectivity index (χ1n) is 12.6. The monoisotopic (exact) mass is 464 g/mol. The van der Waals surface area contributed by atoms with E-state index >= 15 is 0 Å². The molecule has 0 radical (unpaired) electrons. The third kappa shape index (κ3) is 4.25. The standard InChI is InChI=1S/C29H36O5/c1-18(30)29(2)16-23(28(31)22-10-11-33-17-22)14-25(29)21-8-9-26(32-3)27(15-21)34-24-12-19-6-4-5-7-20(19)13-24/h4-9,15,18,22-25,30H,10-14,16-17H2,1-3H3/t18-,22?,23?,25+,29-/m1/s1. The van der Waals surface area contributed by atoms with Gasteiger partial charge >= 0.3 is 0 Å². The number of ether oxygens (including phenoxy) is 3. The summed E-state index contributed by atoms with van der Waals surface area (Å²) in [7, 11) is 1.67. The molecule has 2 unspecified atom stereocenters. The predicted octanol–water partition coefficient (Wildman–Crippen LogP) is 4.73. The van der Waals surface area contributed by atoms with E-state index in [2.05, 4.69) is 43.3 Å². The molecule has 5 heteroatoms. The normalized spacial score (nSPS) is 29.7. The highest BCUT2D eigenvalue weighted by atomic mass is 16.5. The number of hydrogen-bond acceptors (Lipinski definition) is 5. The lowest BCUT2D eigenvalue weighted by molar-refractivity contribution is -0.127. The van der Waals surface area contributed by atoms with Crippen LogP contribution >= 0.6 is 0 Å². The van der Waals surface area contributed by atoms with Crippen LogP contribution in [0.5, 0.6) is 11.5 Å². The Morgan fingerprint density at radius 1 is 1.12 bits per heavy atom. The van der Waals surface area contributed by atoms with E-state index in [-0.39, 0.29) is 29.3 Å². The maximum absolute atomic E-state index is 13.2. The Balaban J connectivity index is 1.40. The Morgan fingerprint density at radius 2 is 1.85 bits per heavy atom. The van der Waals surface area contributed by atoms with Crippen LogP contribution in [0.1, 0.15) is 55.7 Å². The average Bonchev–Trinajstić information content (AvgIpc) is 3.57. The topological polar surface area (TPSA) is 65.0 Å². The summed E-state index contributed by atoms with van der Waals surface area (Å²) in [4.78, 5) is 13.2. The summed E-state index contributed by atoms with van der Waals surface area (Å²) in [5, 5.41) is 10.8. The number of carbonyl (C=O) groups excluding carboxylic acids is 1. The van der Waals surface area contributed by atoms with Crippen LogP contribution in [0.15, 0.2) is 42.5 Å². The average molecular weight is 465 g/mol. The van der Waals surface area contributed by atoms with Crippen LogP contribution in [0.2, 0.25) is 0 Å². The smallest absolute Gasteiger partial charge is 0.161 e. The molecular formula is C29H36O5. The van der Waals surface area contributed by atoms with Crippen LogP contribution in [0.4, 0.5) is 0 Å². The molecule has 5 atom stereocenters. The third-order valence-electron chi connectivity index (χ3n) is 8.59. The molecule has 1 N–H and O–H groups in total. The molecule has 0 amide bonds. The molecule has 2 aliphatic carbocycles. The van der Waals surface area contributed by atoms with E-state index in [1.807, 2.05) is 13.0 Å². The molecule has 1 saturated heterocycles. The van der Waals surface area contributed by atoms with Crippen LogP contribution in [0.25, 0.3) is 0 Å². The minimum atomic E-state index is -0.522. The van der Waals surface area contributed by atoms with E-state index in [0.29, 0.717) is 31.2 Å². The van der Waals surface area contributed by atoms with Gasteiger partial charge in [0.25, 0.3) is 0 Å². The Kier molecular flexibility index (Phi) is 6.43. The van der Waals surface area contributed by atoms with E-state index in [0.717, 1.165) is 37.0 Å². The molecule has 0 aromatic heterocycles. The summed E-state index contributed by atoms with van der Waals surface area (Å²) >= 11 is 0. The first-order chi connectivity index (χ1) is 16.4. The first-order valence-corrected chi connectivity index (χ1v) is 12.6. The number of aliphatic hydroxyl groups excluding tert-OH is 1. The Bertz CT molecular complexity index is 1020. The number of methoxy groups -OCH3 is 1. The maximum Gasteiger partial charge on any atom is 0.161 e. The molecule has 0 bridgehead atoms. The molecule has 5 nitrogen and oxygen atoms in total. The van der Waals surface area contributed by atoms with Gasteiger partial charge in [-0.2, -0.15) is 0 Å². The van der Waals surface area contributed by atoms with Gasteiger partial charge in [0.15, 0.2) is 11.5 Å². The molecule has 0 spiro atoms. The van der Waals surface area contributed by atoms with Gasteiger partial charge in [-0.15, -0.1) is 0 Å². The van der Waals surface area contributed by atoms with Crippen LogP contribution in [0.3, 0.4) is 0 Å². The molecule has 182 valence electrons. The summed E-state index contributed by atoms with van der Waals surface area (Å²) in [5.74, 6) is 1.78. The second kappa shape index (κ2) is 9.35. The van der Waals surface area contributed by atoms with E-state index in [1.54, 1.807) is 7.11 Å². The minimum absolute atomic E-state index is 0.000703. The fourth-order valence-corrected chi connectivity index (χ4v) is 6.38. The second-order valence-corrected chi connectivity index (χ2v) is 10.7. The van der Waals surface area contributed by atoms with Crippen LogP contribution in [-0.2, 0) is 22.4 Å². The van der Waals surface area contributed by atoms with Crippen molar-refractivity contribution in [1.29, 1.82) is 0 Å². The SMILES string of the molecule is COc1ccc([C@@H]2CC(C(=O)C3CCOC3)C[C@]2(C)[C@@H](C)O)cc1OC1Cc2ccccc2C1. The van der Waals surface area contributed by atoms with E-state index in [4.69, 9.17) is 14.2 Å². The molecule has 5 rings (SSSR count). The Labute approximate surface area is 202 Å². The van der Waals surface area contributed by atoms with Crippen LogP contribution < -0.4 is 9.47 Å². The van der Waals surface area contributed by atoms with Crippen molar-refractivity contribution in [3.8, 4) is 11.5 Å². The van der Waals surface area contributed by atoms with E-state index < -0.39 is 6.10 Å². The number of Topliss-reactive ketones (excluding diaryl/α,β-unsaturated/α-hetero) is 1. The number of hydrogen-bond donors (Lipinski definition) is 1. The van der Waals surface area contributed by atoms with Gasteiger partial charge in [0, 0.05) is 36.7 Å². The molecular weight excluding hydrogens is 428 g/mol. The van der Waals surface area contributed by atoms with Crippen molar-refractivity contribution in [1.82, 2.24) is 0 Å². The van der Waals surface area contributed by atoms with Gasteiger partial charge in [-0.3, -0.25) is 4.79 Å². The summed E-state index contributed by atoms with van der Waals surface area (Å²) in [6, 6.07) is 14.6. The van der Waals surface area contributed by atoms with Crippen molar-refractivity contribution < 1.29 is 24.1 Å². The predicted molar refractivity (Wildman–Crippen MR) is 130 cm³/mol. The third-order valence-corrected chi connectivity index (χ3v) is 8.59. The lowest BCUT2D eigenvalue weighted by Gasteiger charge is -2.35. The number of rotatable bonds is 7. The molecule has 1 heterocycles. The van der Waals surface area contributed by atoms with Gasteiger partial charge in [0.1, 0.15) is 11.9 Å². The molecule has 2 aromatic carbocycles. The van der Waals surface area contributed by atoms with Crippen molar-refractivity contribution in [3.63, 3.8) is 0 Å². The van der Waals surface area contributed by atoms with Gasteiger partial charge in [0.2, 0.25) is 0 Å². The summed E-state index contributed by atoms with van der Waals surface area (Å²) < 4.78 is 17.6.